The summed E-state index contributed by atoms with van der Waals surface area (Å²) in [7, 11) is 0. The highest BCUT2D eigenvalue weighted by molar-refractivity contribution is 5.94. The van der Waals surface area contributed by atoms with Gasteiger partial charge in [0.25, 0.3) is 5.91 Å². The molecule has 0 fully saturated rings. The van der Waals surface area contributed by atoms with Crippen molar-refractivity contribution in [3.05, 3.63) is 71.4 Å². The van der Waals surface area contributed by atoms with E-state index >= 15 is 0 Å². The SMILES string of the molecule is Cc1ccnc(Nc2ccc(NCCNC(=O)c3c(F)cccc3F)nn2)c1. The Balaban J connectivity index is 1.47. The Morgan fingerprint density at radius 1 is 0.964 bits per heavy atom. The molecule has 2 heterocycles. The fraction of sp³-hybridized carbons (Fsp3) is 0.158. The lowest BCUT2D eigenvalue weighted by atomic mass is 10.2. The molecule has 3 N–H and O–H groups in total. The number of halogens is 2. The number of hydrogen-bond acceptors (Lipinski definition) is 6. The number of anilines is 3. The Kier molecular flexibility index (Phi) is 6.05. The van der Waals surface area contributed by atoms with Gasteiger partial charge in [-0.1, -0.05) is 6.07 Å². The predicted octanol–water partition coefficient (Wildman–Crippen LogP) is 3.04. The summed E-state index contributed by atoms with van der Waals surface area (Å²) in [6.07, 6.45) is 1.70. The average Bonchev–Trinajstić information content (AvgIpc) is 2.66. The van der Waals surface area contributed by atoms with Gasteiger partial charge < -0.3 is 16.0 Å². The van der Waals surface area contributed by atoms with Gasteiger partial charge in [0.2, 0.25) is 0 Å². The molecular weight excluding hydrogens is 366 g/mol. The van der Waals surface area contributed by atoms with Crippen molar-refractivity contribution in [1.82, 2.24) is 20.5 Å². The van der Waals surface area contributed by atoms with Crippen LogP contribution < -0.4 is 16.0 Å². The van der Waals surface area contributed by atoms with Gasteiger partial charge in [0.1, 0.15) is 28.8 Å². The first-order chi connectivity index (χ1) is 13.5. The van der Waals surface area contributed by atoms with Gasteiger partial charge in [-0.25, -0.2) is 13.8 Å². The molecule has 0 spiro atoms. The summed E-state index contributed by atoms with van der Waals surface area (Å²) in [4.78, 5) is 16.1. The third kappa shape index (κ3) is 4.97. The molecule has 28 heavy (non-hydrogen) atoms. The van der Waals surface area contributed by atoms with Crippen LogP contribution >= 0.6 is 0 Å². The Hall–Kier alpha value is -3.62. The monoisotopic (exact) mass is 384 g/mol. The normalized spacial score (nSPS) is 10.4. The zero-order valence-electron chi connectivity index (χ0n) is 15.0. The van der Waals surface area contributed by atoms with Crippen LogP contribution in [0.3, 0.4) is 0 Å². The van der Waals surface area contributed by atoms with E-state index in [1.807, 2.05) is 19.1 Å². The summed E-state index contributed by atoms with van der Waals surface area (Å²) < 4.78 is 27.1. The number of nitrogens with zero attached hydrogens (tertiary/aromatic N) is 3. The fourth-order valence-corrected chi connectivity index (χ4v) is 2.40. The van der Waals surface area contributed by atoms with Crippen molar-refractivity contribution in [2.45, 2.75) is 6.92 Å². The molecule has 0 saturated heterocycles. The number of carbonyl (C=O) groups excluding carboxylic acids is 1. The first kappa shape index (κ1) is 19.2. The molecule has 3 aromatic rings. The van der Waals surface area contributed by atoms with Crippen molar-refractivity contribution in [2.75, 3.05) is 23.7 Å². The van der Waals surface area contributed by atoms with Crippen molar-refractivity contribution in [3.63, 3.8) is 0 Å². The molecule has 0 saturated carbocycles. The van der Waals surface area contributed by atoms with Crippen molar-refractivity contribution in [2.24, 2.45) is 0 Å². The van der Waals surface area contributed by atoms with Gasteiger partial charge in [-0.3, -0.25) is 4.79 Å². The van der Waals surface area contributed by atoms with Crippen LogP contribution in [-0.4, -0.2) is 34.2 Å². The number of nitrogens with one attached hydrogen (secondary N) is 3. The van der Waals surface area contributed by atoms with E-state index in [-0.39, 0.29) is 6.54 Å². The number of hydrogen-bond donors (Lipinski definition) is 3. The number of rotatable bonds is 7. The molecule has 1 amide bonds. The van der Waals surface area contributed by atoms with Crippen LogP contribution in [0.4, 0.5) is 26.2 Å². The molecule has 3 rings (SSSR count). The number of pyridine rings is 1. The molecule has 1 aromatic carbocycles. The van der Waals surface area contributed by atoms with Crippen molar-refractivity contribution in [1.29, 1.82) is 0 Å². The fourth-order valence-electron chi connectivity index (χ4n) is 2.40. The number of aryl methyl sites for hydroxylation is 1. The second kappa shape index (κ2) is 8.85. The second-order valence-electron chi connectivity index (χ2n) is 5.93. The van der Waals surface area contributed by atoms with E-state index in [9.17, 15) is 13.6 Å². The van der Waals surface area contributed by atoms with E-state index in [0.717, 1.165) is 17.7 Å². The van der Waals surface area contributed by atoms with E-state index in [2.05, 4.69) is 31.1 Å². The minimum Gasteiger partial charge on any atom is -0.367 e. The summed E-state index contributed by atoms with van der Waals surface area (Å²) in [6, 6.07) is 10.5. The highest BCUT2D eigenvalue weighted by Crippen LogP contribution is 2.13. The average molecular weight is 384 g/mol. The molecule has 0 unspecified atom stereocenters. The summed E-state index contributed by atoms with van der Waals surface area (Å²) >= 11 is 0. The van der Waals surface area contributed by atoms with Crippen molar-refractivity contribution >= 4 is 23.4 Å². The highest BCUT2D eigenvalue weighted by Gasteiger charge is 2.16. The van der Waals surface area contributed by atoms with Gasteiger partial charge in [0.05, 0.1) is 0 Å². The number of carbonyl (C=O) groups is 1. The molecule has 0 radical (unpaired) electrons. The summed E-state index contributed by atoms with van der Waals surface area (Å²) in [5.74, 6) is -0.919. The van der Waals surface area contributed by atoms with Crippen LogP contribution in [-0.2, 0) is 0 Å². The smallest absolute Gasteiger partial charge is 0.257 e. The third-order valence-corrected chi connectivity index (χ3v) is 3.74. The number of aromatic nitrogens is 3. The molecular formula is C19H18F2N6O. The zero-order valence-corrected chi connectivity index (χ0v) is 15.0. The summed E-state index contributed by atoms with van der Waals surface area (Å²) in [5, 5.41) is 16.5. The van der Waals surface area contributed by atoms with Crippen LogP contribution in [0.1, 0.15) is 15.9 Å². The predicted molar refractivity (Wildman–Crippen MR) is 101 cm³/mol. The number of benzene rings is 1. The second-order valence-corrected chi connectivity index (χ2v) is 5.93. The standard InChI is InChI=1S/C19H18F2N6O/c1-12-7-8-22-17(11-12)25-16-6-5-15(26-27-16)23-9-10-24-19(28)18-13(20)3-2-4-14(18)21/h2-8,11H,9-10H2,1H3,(H,23,26)(H,24,28)(H,22,25,27). The first-order valence-electron chi connectivity index (χ1n) is 8.52. The van der Waals surface area contributed by atoms with Gasteiger partial charge in [-0.15, -0.1) is 10.2 Å². The molecule has 7 nitrogen and oxygen atoms in total. The van der Waals surface area contributed by atoms with Gasteiger partial charge in [-0.05, 0) is 48.9 Å². The Bertz CT molecular complexity index is 945. The van der Waals surface area contributed by atoms with Crippen LogP contribution in [0.15, 0.2) is 48.7 Å². The molecule has 2 aromatic heterocycles. The Labute approximate surface area is 160 Å². The van der Waals surface area contributed by atoms with E-state index in [4.69, 9.17) is 0 Å². The lowest BCUT2D eigenvalue weighted by Gasteiger charge is -2.09. The lowest BCUT2D eigenvalue weighted by Crippen LogP contribution is -2.30. The van der Waals surface area contributed by atoms with E-state index in [1.54, 1.807) is 18.3 Å². The minimum atomic E-state index is -0.900. The van der Waals surface area contributed by atoms with Gasteiger partial charge in [0, 0.05) is 19.3 Å². The van der Waals surface area contributed by atoms with Gasteiger partial charge in [0.15, 0.2) is 5.82 Å². The van der Waals surface area contributed by atoms with Crippen LogP contribution in [0.5, 0.6) is 0 Å². The van der Waals surface area contributed by atoms with Crippen LogP contribution in [0, 0.1) is 18.6 Å². The summed E-state index contributed by atoms with van der Waals surface area (Å²) in [5.41, 5.74) is 0.475. The molecule has 9 heteroatoms. The number of amides is 1. The maximum atomic E-state index is 13.5. The maximum Gasteiger partial charge on any atom is 0.257 e. The minimum absolute atomic E-state index is 0.154. The lowest BCUT2D eigenvalue weighted by molar-refractivity contribution is 0.0946. The zero-order chi connectivity index (χ0) is 19.9. The third-order valence-electron chi connectivity index (χ3n) is 3.74. The Morgan fingerprint density at radius 2 is 1.68 bits per heavy atom. The molecule has 144 valence electrons. The quantitative estimate of drug-likeness (QED) is 0.543. The van der Waals surface area contributed by atoms with Gasteiger partial charge >= 0.3 is 0 Å². The molecule has 0 aliphatic heterocycles. The molecule has 0 aliphatic rings. The van der Waals surface area contributed by atoms with Crippen molar-refractivity contribution < 1.29 is 13.6 Å². The molecule has 0 aliphatic carbocycles. The van der Waals surface area contributed by atoms with E-state index in [1.165, 1.54) is 6.07 Å². The highest BCUT2D eigenvalue weighted by atomic mass is 19.1. The summed E-state index contributed by atoms with van der Waals surface area (Å²) in [6.45, 7) is 2.43. The first-order valence-corrected chi connectivity index (χ1v) is 8.52. The Morgan fingerprint density at radius 3 is 2.36 bits per heavy atom. The van der Waals surface area contributed by atoms with E-state index < -0.39 is 23.1 Å². The van der Waals surface area contributed by atoms with Crippen molar-refractivity contribution in [3.8, 4) is 0 Å². The largest absolute Gasteiger partial charge is 0.367 e. The molecule has 0 bridgehead atoms. The maximum absolute atomic E-state index is 13.5. The molecule has 0 atom stereocenters. The topological polar surface area (TPSA) is 91.8 Å². The van der Waals surface area contributed by atoms with Crippen LogP contribution in [0.2, 0.25) is 0 Å². The van der Waals surface area contributed by atoms with Crippen LogP contribution in [0.25, 0.3) is 0 Å². The van der Waals surface area contributed by atoms with E-state index in [0.29, 0.717) is 24.0 Å². The van der Waals surface area contributed by atoms with Gasteiger partial charge in [-0.2, -0.15) is 0 Å².